The third-order valence-electron chi connectivity index (χ3n) is 2.58. The quantitative estimate of drug-likeness (QED) is 0.741. The molecular weight excluding hydrogens is 197 g/mol. The summed E-state index contributed by atoms with van der Waals surface area (Å²) in [6, 6.07) is 4.07. The summed E-state index contributed by atoms with van der Waals surface area (Å²) in [6.07, 6.45) is 1.23. The molecule has 0 aliphatic carbocycles. The Bertz CT molecular complexity index is 417. The van der Waals surface area contributed by atoms with Crippen LogP contribution in [-0.2, 0) is 4.79 Å². The summed E-state index contributed by atoms with van der Waals surface area (Å²) in [5.41, 5.74) is 0.709. The molecule has 1 unspecified atom stereocenters. The van der Waals surface area contributed by atoms with Gasteiger partial charge in [-0.05, 0) is 24.6 Å². The molecule has 4 heteroatoms. The van der Waals surface area contributed by atoms with Gasteiger partial charge >= 0.3 is 0 Å². The fourth-order valence-corrected chi connectivity index (χ4v) is 1.79. The van der Waals surface area contributed by atoms with Gasteiger partial charge in [0.05, 0.1) is 5.92 Å². The van der Waals surface area contributed by atoms with Crippen molar-refractivity contribution in [1.82, 2.24) is 5.32 Å². The molecule has 0 aromatic heterocycles. The summed E-state index contributed by atoms with van der Waals surface area (Å²) < 4.78 is 13.4. The summed E-state index contributed by atoms with van der Waals surface area (Å²) in [5.74, 6) is -1.05. The van der Waals surface area contributed by atoms with Crippen LogP contribution in [0.5, 0.6) is 0 Å². The summed E-state index contributed by atoms with van der Waals surface area (Å²) in [5, 5.41) is 2.64. The molecule has 1 aliphatic rings. The van der Waals surface area contributed by atoms with E-state index < -0.39 is 11.7 Å². The zero-order valence-corrected chi connectivity index (χ0v) is 8.00. The van der Waals surface area contributed by atoms with Crippen LogP contribution in [0.4, 0.5) is 4.39 Å². The third kappa shape index (κ3) is 1.75. The first-order chi connectivity index (χ1) is 7.22. The van der Waals surface area contributed by atoms with Gasteiger partial charge in [0.25, 0.3) is 0 Å². The van der Waals surface area contributed by atoms with Gasteiger partial charge in [0.15, 0.2) is 0 Å². The number of hydrogen-bond donors (Lipinski definition) is 1. The van der Waals surface area contributed by atoms with Crippen LogP contribution in [-0.4, -0.2) is 18.7 Å². The van der Waals surface area contributed by atoms with Crippen LogP contribution >= 0.6 is 0 Å². The first-order valence-electron chi connectivity index (χ1n) is 4.74. The van der Waals surface area contributed by atoms with E-state index in [1.807, 2.05) is 0 Å². The molecule has 1 fully saturated rings. The van der Waals surface area contributed by atoms with Crippen molar-refractivity contribution >= 4 is 12.2 Å². The lowest BCUT2D eigenvalue weighted by molar-refractivity contribution is -0.120. The van der Waals surface area contributed by atoms with Crippen molar-refractivity contribution in [2.75, 3.05) is 6.54 Å². The highest BCUT2D eigenvalue weighted by atomic mass is 19.1. The zero-order valence-electron chi connectivity index (χ0n) is 8.00. The van der Waals surface area contributed by atoms with E-state index in [9.17, 15) is 14.0 Å². The smallest absolute Gasteiger partial charge is 0.227 e. The van der Waals surface area contributed by atoms with Crippen LogP contribution in [0.3, 0.4) is 0 Å². The van der Waals surface area contributed by atoms with Gasteiger partial charge in [-0.2, -0.15) is 0 Å². The first-order valence-corrected chi connectivity index (χ1v) is 4.74. The predicted molar refractivity (Wildman–Crippen MR) is 52.2 cm³/mol. The largest absolute Gasteiger partial charge is 0.356 e. The van der Waals surface area contributed by atoms with Gasteiger partial charge in [0, 0.05) is 17.7 Å². The molecule has 1 amide bonds. The van der Waals surface area contributed by atoms with Crippen LogP contribution in [0.2, 0.25) is 0 Å². The second-order valence-corrected chi connectivity index (χ2v) is 3.53. The van der Waals surface area contributed by atoms with Crippen molar-refractivity contribution in [3.63, 3.8) is 0 Å². The number of amides is 1. The van der Waals surface area contributed by atoms with Gasteiger partial charge in [-0.1, -0.05) is 0 Å². The Labute approximate surface area is 86.3 Å². The fraction of sp³-hybridized carbons (Fsp3) is 0.273. The minimum atomic E-state index is -0.454. The number of nitrogens with one attached hydrogen (secondary N) is 1. The molecule has 0 bridgehead atoms. The number of carbonyl (C=O) groups excluding carboxylic acids is 2. The standard InChI is InChI=1S/C11H10FNO2/c12-10-2-1-7(6-14)5-9(10)8-3-4-13-11(8)15/h1-2,5-6,8H,3-4H2,(H,13,15). The third-order valence-corrected chi connectivity index (χ3v) is 2.58. The SMILES string of the molecule is O=Cc1ccc(F)c(C2CCNC2=O)c1. The molecule has 0 radical (unpaired) electrons. The maximum Gasteiger partial charge on any atom is 0.227 e. The molecule has 78 valence electrons. The number of benzene rings is 1. The topological polar surface area (TPSA) is 46.2 Å². The summed E-state index contributed by atoms with van der Waals surface area (Å²) >= 11 is 0. The Hall–Kier alpha value is -1.71. The molecule has 1 aliphatic heterocycles. The minimum absolute atomic E-state index is 0.169. The van der Waals surface area contributed by atoms with Crippen LogP contribution < -0.4 is 5.32 Å². The van der Waals surface area contributed by atoms with E-state index >= 15 is 0 Å². The molecule has 2 rings (SSSR count). The maximum absolute atomic E-state index is 13.4. The molecule has 0 saturated carbocycles. The number of hydrogen-bond acceptors (Lipinski definition) is 2. The lowest BCUT2D eigenvalue weighted by Crippen LogP contribution is -2.18. The molecule has 15 heavy (non-hydrogen) atoms. The average Bonchev–Trinajstić information content (AvgIpc) is 2.65. The van der Waals surface area contributed by atoms with E-state index in [0.29, 0.717) is 30.4 Å². The Morgan fingerprint density at radius 3 is 2.87 bits per heavy atom. The van der Waals surface area contributed by atoms with Crippen LogP contribution in [0, 0.1) is 5.82 Å². The number of aldehydes is 1. The van der Waals surface area contributed by atoms with Gasteiger partial charge in [0.1, 0.15) is 12.1 Å². The van der Waals surface area contributed by atoms with Gasteiger partial charge in [-0.15, -0.1) is 0 Å². The molecular formula is C11H10FNO2. The van der Waals surface area contributed by atoms with Gasteiger partial charge in [0.2, 0.25) is 5.91 Å². The summed E-state index contributed by atoms with van der Waals surface area (Å²) in [6.45, 7) is 0.564. The molecule has 1 saturated heterocycles. The second kappa shape index (κ2) is 3.81. The Morgan fingerprint density at radius 1 is 1.47 bits per heavy atom. The van der Waals surface area contributed by atoms with Crippen molar-refractivity contribution in [1.29, 1.82) is 0 Å². The van der Waals surface area contributed by atoms with Crippen molar-refractivity contribution in [3.05, 3.63) is 35.1 Å². The van der Waals surface area contributed by atoms with Crippen molar-refractivity contribution in [2.24, 2.45) is 0 Å². The normalized spacial score (nSPS) is 20.1. The molecule has 1 heterocycles. The van der Waals surface area contributed by atoms with Gasteiger partial charge in [-0.3, -0.25) is 9.59 Å². The Morgan fingerprint density at radius 2 is 2.27 bits per heavy atom. The van der Waals surface area contributed by atoms with Crippen molar-refractivity contribution in [3.8, 4) is 0 Å². The molecule has 0 spiro atoms. The van der Waals surface area contributed by atoms with E-state index in [2.05, 4.69) is 5.32 Å². The highest BCUT2D eigenvalue weighted by molar-refractivity contribution is 5.86. The molecule has 3 nitrogen and oxygen atoms in total. The Kier molecular flexibility index (Phi) is 2.49. The van der Waals surface area contributed by atoms with Gasteiger partial charge in [-0.25, -0.2) is 4.39 Å². The molecule has 1 aromatic rings. The van der Waals surface area contributed by atoms with Crippen LogP contribution in [0.25, 0.3) is 0 Å². The lowest BCUT2D eigenvalue weighted by Gasteiger charge is -2.08. The van der Waals surface area contributed by atoms with E-state index in [0.717, 1.165) is 0 Å². The predicted octanol–water partition coefficient (Wildman–Crippen LogP) is 1.24. The maximum atomic E-state index is 13.4. The second-order valence-electron chi connectivity index (χ2n) is 3.53. The molecule has 1 N–H and O–H groups in total. The molecule has 1 aromatic carbocycles. The zero-order chi connectivity index (χ0) is 10.8. The molecule has 1 atom stereocenters. The monoisotopic (exact) mass is 207 g/mol. The highest BCUT2D eigenvalue weighted by Crippen LogP contribution is 2.26. The van der Waals surface area contributed by atoms with Crippen molar-refractivity contribution < 1.29 is 14.0 Å². The van der Waals surface area contributed by atoms with Gasteiger partial charge < -0.3 is 5.32 Å². The number of halogens is 1. The van der Waals surface area contributed by atoms with E-state index in [1.54, 1.807) is 0 Å². The fourth-order valence-electron chi connectivity index (χ4n) is 1.79. The first kappa shape index (κ1) is 9.83. The number of carbonyl (C=O) groups is 2. The average molecular weight is 207 g/mol. The highest BCUT2D eigenvalue weighted by Gasteiger charge is 2.28. The van der Waals surface area contributed by atoms with Crippen LogP contribution in [0.15, 0.2) is 18.2 Å². The van der Waals surface area contributed by atoms with Crippen LogP contribution in [0.1, 0.15) is 28.3 Å². The van der Waals surface area contributed by atoms with Crippen molar-refractivity contribution in [2.45, 2.75) is 12.3 Å². The minimum Gasteiger partial charge on any atom is -0.356 e. The van der Waals surface area contributed by atoms with E-state index in [4.69, 9.17) is 0 Å². The summed E-state index contributed by atoms with van der Waals surface area (Å²) in [4.78, 5) is 21.9. The Balaban J connectivity index is 2.41. The van der Waals surface area contributed by atoms with E-state index in [-0.39, 0.29) is 5.91 Å². The lowest BCUT2D eigenvalue weighted by atomic mass is 9.95. The van der Waals surface area contributed by atoms with E-state index in [1.165, 1.54) is 18.2 Å². The summed E-state index contributed by atoms with van der Waals surface area (Å²) in [7, 11) is 0. The number of rotatable bonds is 2.